The third-order valence-electron chi connectivity index (χ3n) is 5.06. The van der Waals surface area contributed by atoms with Crippen LogP contribution in [0.3, 0.4) is 0 Å². The van der Waals surface area contributed by atoms with Gasteiger partial charge in [0, 0.05) is 43.7 Å². The Bertz CT molecular complexity index is 699. The fourth-order valence-electron chi connectivity index (χ4n) is 3.48. The number of anilines is 1. The van der Waals surface area contributed by atoms with Crippen LogP contribution in [0, 0.1) is 11.3 Å². The van der Waals surface area contributed by atoms with Gasteiger partial charge in [-0.2, -0.15) is 5.26 Å². The molecule has 3 rings (SSSR count). The van der Waals surface area contributed by atoms with Crippen LogP contribution in [-0.4, -0.2) is 47.4 Å². The molecule has 1 N–H and O–H groups in total. The Hall–Kier alpha value is -1.91. The van der Waals surface area contributed by atoms with Gasteiger partial charge in [0.2, 0.25) is 0 Å². The van der Waals surface area contributed by atoms with Crippen molar-refractivity contribution in [1.82, 2.24) is 14.8 Å². The molecule has 0 saturated heterocycles. The second kappa shape index (κ2) is 7.98. The standard InChI is InChI=1S/C18H25N5OS/c1-22-9-8-15-16(12-22)25-18(21-15)20-11-13(10-19)17(24)23(2)14-6-4-3-5-7-14/h11,14H,3-9,12H2,1-2H3,(H,20,21)/b13-11-. The van der Waals surface area contributed by atoms with Gasteiger partial charge in [-0.15, -0.1) is 11.3 Å². The molecule has 1 aromatic heterocycles. The van der Waals surface area contributed by atoms with E-state index in [-0.39, 0.29) is 17.5 Å². The normalized spacial score (nSPS) is 19.2. The number of hydrogen-bond donors (Lipinski definition) is 1. The van der Waals surface area contributed by atoms with E-state index in [0.717, 1.165) is 56.0 Å². The molecule has 0 bridgehead atoms. The van der Waals surface area contributed by atoms with Crippen molar-refractivity contribution >= 4 is 22.4 Å². The van der Waals surface area contributed by atoms with Crippen LogP contribution >= 0.6 is 11.3 Å². The van der Waals surface area contributed by atoms with Crippen LogP contribution in [0.2, 0.25) is 0 Å². The lowest BCUT2D eigenvalue weighted by Gasteiger charge is -2.31. The predicted molar refractivity (Wildman–Crippen MR) is 99.1 cm³/mol. The molecule has 1 aliphatic carbocycles. The summed E-state index contributed by atoms with van der Waals surface area (Å²) in [7, 11) is 3.91. The average molecular weight is 359 g/mol. The summed E-state index contributed by atoms with van der Waals surface area (Å²) in [6.45, 7) is 1.92. The zero-order valence-corrected chi connectivity index (χ0v) is 15.7. The molecule has 25 heavy (non-hydrogen) atoms. The summed E-state index contributed by atoms with van der Waals surface area (Å²) in [6.07, 6.45) is 8.07. The summed E-state index contributed by atoms with van der Waals surface area (Å²) in [6, 6.07) is 2.29. The summed E-state index contributed by atoms with van der Waals surface area (Å²) >= 11 is 1.60. The number of carbonyl (C=O) groups is 1. The number of nitriles is 1. The van der Waals surface area contributed by atoms with Crippen LogP contribution in [0.4, 0.5) is 5.13 Å². The van der Waals surface area contributed by atoms with Crippen LogP contribution in [0.15, 0.2) is 11.8 Å². The summed E-state index contributed by atoms with van der Waals surface area (Å²) in [5, 5.41) is 13.2. The number of aromatic nitrogens is 1. The molecular formula is C18H25N5OS. The van der Waals surface area contributed by atoms with Crippen molar-refractivity contribution in [3.63, 3.8) is 0 Å². The second-order valence-electron chi connectivity index (χ2n) is 6.90. The smallest absolute Gasteiger partial charge is 0.266 e. The SMILES string of the molecule is CN1CCc2nc(N/C=C(/C#N)C(=O)N(C)C3CCCCC3)sc2C1. The Labute approximate surface area is 153 Å². The molecule has 0 aromatic carbocycles. The molecule has 1 aromatic rings. The molecule has 0 radical (unpaired) electrons. The monoisotopic (exact) mass is 359 g/mol. The third kappa shape index (κ3) is 4.20. The highest BCUT2D eigenvalue weighted by atomic mass is 32.1. The van der Waals surface area contributed by atoms with Gasteiger partial charge in [-0.05, 0) is 19.9 Å². The largest absolute Gasteiger partial charge is 0.338 e. The predicted octanol–water partition coefficient (Wildman–Crippen LogP) is 2.74. The van der Waals surface area contributed by atoms with Crippen molar-refractivity contribution in [2.45, 2.75) is 51.1 Å². The molecule has 0 unspecified atom stereocenters. The number of amides is 1. The molecule has 2 heterocycles. The maximum absolute atomic E-state index is 12.6. The highest BCUT2D eigenvalue weighted by Crippen LogP contribution is 2.28. The first-order valence-corrected chi connectivity index (χ1v) is 9.71. The zero-order chi connectivity index (χ0) is 17.8. The number of thiazole rings is 1. The number of nitrogens with one attached hydrogen (secondary N) is 1. The Morgan fingerprint density at radius 3 is 2.92 bits per heavy atom. The topological polar surface area (TPSA) is 72.3 Å². The van der Waals surface area contributed by atoms with Gasteiger partial charge < -0.3 is 15.1 Å². The van der Waals surface area contributed by atoms with E-state index in [9.17, 15) is 10.1 Å². The van der Waals surface area contributed by atoms with E-state index in [1.807, 2.05) is 6.07 Å². The highest BCUT2D eigenvalue weighted by Gasteiger charge is 2.24. The van der Waals surface area contributed by atoms with Crippen LogP contribution in [0.25, 0.3) is 0 Å². The Kier molecular flexibility index (Phi) is 5.71. The van der Waals surface area contributed by atoms with E-state index in [4.69, 9.17) is 0 Å². The molecular weight excluding hydrogens is 334 g/mol. The van der Waals surface area contributed by atoms with Crippen molar-refractivity contribution < 1.29 is 4.79 Å². The van der Waals surface area contributed by atoms with E-state index < -0.39 is 0 Å². The Balaban J connectivity index is 1.66. The molecule has 0 atom stereocenters. The zero-order valence-electron chi connectivity index (χ0n) is 14.9. The minimum absolute atomic E-state index is 0.137. The fourth-order valence-corrected chi connectivity index (χ4v) is 4.54. The van der Waals surface area contributed by atoms with E-state index >= 15 is 0 Å². The Morgan fingerprint density at radius 2 is 2.20 bits per heavy atom. The lowest BCUT2D eigenvalue weighted by atomic mass is 9.94. The molecule has 1 aliphatic heterocycles. The van der Waals surface area contributed by atoms with Gasteiger partial charge in [-0.1, -0.05) is 19.3 Å². The summed E-state index contributed by atoms with van der Waals surface area (Å²) in [5.41, 5.74) is 1.27. The third-order valence-corrected chi connectivity index (χ3v) is 6.07. The van der Waals surface area contributed by atoms with Crippen LogP contribution in [0.1, 0.15) is 42.7 Å². The molecule has 2 aliphatic rings. The fraction of sp³-hybridized carbons (Fsp3) is 0.611. The summed E-state index contributed by atoms with van der Waals surface area (Å²) in [4.78, 5) is 22.5. The number of nitrogens with zero attached hydrogens (tertiary/aromatic N) is 4. The maximum Gasteiger partial charge on any atom is 0.266 e. The molecule has 134 valence electrons. The molecule has 0 spiro atoms. The number of likely N-dealkylation sites (N-methyl/N-ethyl adjacent to an activating group) is 2. The lowest BCUT2D eigenvalue weighted by Crippen LogP contribution is -2.39. The number of hydrogen-bond acceptors (Lipinski definition) is 6. The van der Waals surface area contributed by atoms with Gasteiger partial charge in [0.25, 0.3) is 5.91 Å². The Morgan fingerprint density at radius 1 is 1.44 bits per heavy atom. The van der Waals surface area contributed by atoms with E-state index in [0.29, 0.717) is 0 Å². The first-order chi connectivity index (χ1) is 12.1. The quantitative estimate of drug-likeness (QED) is 0.661. The second-order valence-corrected chi connectivity index (χ2v) is 7.98. The molecule has 7 heteroatoms. The van der Waals surface area contributed by atoms with E-state index in [1.165, 1.54) is 17.5 Å². The van der Waals surface area contributed by atoms with Gasteiger partial charge in [-0.25, -0.2) is 4.98 Å². The maximum atomic E-state index is 12.6. The van der Waals surface area contributed by atoms with Gasteiger partial charge in [-0.3, -0.25) is 4.79 Å². The number of carbonyl (C=O) groups excluding carboxylic acids is 1. The van der Waals surface area contributed by atoms with Crippen molar-refractivity contribution in [2.24, 2.45) is 0 Å². The van der Waals surface area contributed by atoms with E-state index in [1.54, 1.807) is 23.3 Å². The van der Waals surface area contributed by atoms with Crippen molar-refractivity contribution in [3.8, 4) is 6.07 Å². The molecule has 1 amide bonds. The lowest BCUT2D eigenvalue weighted by molar-refractivity contribution is -0.128. The van der Waals surface area contributed by atoms with Crippen LogP contribution in [0.5, 0.6) is 0 Å². The minimum Gasteiger partial charge on any atom is -0.338 e. The molecule has 6 nitrogen and oxygen atoms in total. The molecule has 1 fully saturated rings. The average Bonchev–Trinajstić information content (AvgIpc) is 3.04. The summed E-state index contributed by atoms with van der Waals surface area (Å²) in [5.74, 6) is -0.206. The molecule has 1 saturated carbocycles. The van der Waals surface area contributed by atoms with Crippen LogP contribution < -0.4 is 5.32 Å². The van der Waals surface area contributed by atoms with Crippen molar-refractivity contribution in [2.75, 3.05) is 26.0 Å². The van der Waals surface area contributed by atoms with Gasteiger partial charge in [0.1, 0.15) is 11.6 Å². The number of fused-ring (bicyclic) bond motifs is 1. The first-order valence-electron chi connectivity index (χ1n) is 8.89. The van der Waals surface area contributed by atoms with Crippen molar-refractivity contribution in [1.29, 1.82) is 5.26 Å². The van der Waals surface area contributed by atoms with Gasteiger partial charge >= 0.3 is 0 Å². The number of rotatable bonds is 4. The minimum atomic E-state index is -0.206. The summed E-state index contributed by atoms with van der Waals surface area (Å²) < 4.78 is 0. The van der Waals surface area contributed by atoms with Gasteiger partial charge in [0.05, 0.1) is 5.69 Å². The van der Waals surface area contributed by atoms with Crippen LogP contribution in [-0.2, 0) is 17.8 Å². The van der Waals surface area contributed by atoms with Crippen molar-refractivity contribution in [3.05, 3.63) is 22.3 Å². The van der Waals surface area contributed by atoms with Gasteiger partial charge in [0.15, 0.2) is 5.13 Å². The van der Waals surface area contributed by atoms with E-state index in [2.05, 4.69) is 22.2 Å². The first kappa shape index (κ1) is 17.9. The highest BCUT2D eigenvalue weighted by molar-refractivity contribution is 7.15.